The van der Waals surface area contributed by atoms with Crippen molar-refractivity contribution in [3.8, 4) is 6.07 Å². The molecule has 1 aliphatic carbocycles. The molecule has 0 bridgehead atoms. The number of likely N-dealkylation sites (N-methyl/N-ethyl adjacent to an activating group) is 1. The number of piperazine rings is 1. The summed E-state index contributed by atoms with van der Waals surface area (Å²) in [6, 6.07) is 2.33. The van der Waals surface area contributed by atoms with E-state index in [-0.39, 0.29) is 23.1 Å². The Morgan fingerprint density at radius 3 is 2.43 bits per heavy atom. The Balaban J connectivity index is 1.83. The molecule has 3 heterocycles. The van der Waals surface area contributed by atoms with Crippen LogP contribution in [0.5, 0.6) is 0 Å². The van der Waals surface area contributed by atoms with Crippen molar-refractivity contribution < 1.29 is 4.79 Å². The largest absolute Gasteiger partial charge is 0.355 e. The van der Waals surface area contributed by atoms with Crippen LogP contribution in [0.25, 0.3) is 6.08 Å². The van der Waals surface area contributed by atoms with Crippen LogP contribution < -0.4 is 10.5 Å². The SMILES string of the molecule is CCCCn1c(N2CCN(CC)CC2)c(/C=C2/SC(=S)N(C3CCCC3)C2=O)c(C)c(C#N)c1=O. The van der Waals surface area contributed by atoms with E-state index in [1.165, 1.54) is 11.8 Å². The first-order chi connectivity index (χ1) is 16.9. The zero-order valence-corrected chi connectivity index (χ0v) is 22.6. The number of aromatic nitrogens is 1. The lowest BCUT2D eigenvalue weighted by Crippen LogP contribution is -2.48. The summed E-state index contributed by atoms with van der Waals surface area (Å²) in [6.07, 6.45) is 7.93. The summed E-state index contributed by atoms with van der Waals surface area (Å²) in [5.41, 5.74) is 1.37. The predicted octanol–water partition coefficient (Wildman–Crippen LogP) is 4.11. The third kappa shape index (κ3) is 5.07. The van der Waals surface area contributed by atoms with Crippen LogP contribution in [0, 0.1) is 18.3 Å². The first-order valence-electron chi connectivity index (χ1n) is 12.8. The zero-order chi connectivity index (χ0) is 25.1. The number of pyridine rings is 1. The normalized spacial score (nSPS) is 20.9. The summed E-state index contributed by atoms with van der Waals surface area (Å²) in [5, 5.41) is 9.88. The van der Waals surface area contributed by atoms with E-state index in [4.69, 9.17) is 12.2 Å². The number of thiocarbonyl (C=S) groups is 1. The molecule has 4 rings (SSSR count). The number of carbonyl (C=O) groups is 1. The van der Waals surface area contributed by atoms with Crippen LogP contribution in [0.3, 0.4) is 0 Å². The molecule has 9 heteroatoms. The van der Waals surface area contributed by atoms with Gasteiger partial charge in [0.15, 0.2) is 0 Å². The molecule has 1 aromatic heterocycles. The van der Waals surface area contributed by atoms with Gasteiger partial charge in [-0.15, -0.1) is 0 Å². The summed E-state index contributed by atoms with van der Waals surface area (Å²) in [4.78, 5) is 33.9. The van der Waals surface area contributed by atoms with Gasteiger partial charge in [0, 0.05) is 44.3 Å². The van der Waals surface area contributed by atoms with Crippen LogP contribution in [0.2, 0.25) is 0 Å². The fourth-order valence-corrected chi connectivity index (χ4v) is 6.75. The Bertz CT molecular complexity index is 1120. The molecule has 3 aliphatic rings. The Morgan fingerprint density at radius 1 is 1.14 bits per heavy atom. The van der Waals surface area contributed by atoms with Gasteiger partial charge in [-0.2, -0.15) is 5.26 Å². The third-order valence-corrected chi connectivity index (χ3v) is 8.82. The predicted molar refractivity (Wildman–Crippen MR) is 147 cm³/mol. The number of anilines is 1. The molecule has 1 aromatic rings. The highest BCUT2D eigenvalue weighted by atomic mass is 32.2. The lowest BCUT2D eigenvalue weighted by atomic mass is 10.0. The summed E-state index contributed by atoms with van der Waals surface area (Å²) >= 11 is 6.97. The molecule has 7 nitrogen and oxygen atoms in total. The number of carbonyl (C=O) groups excluding carboxylic acids is 1. The van der Waals surface area contributed by atoms with Crippen molar-refractivity contribution >= 4 is 46.1 Å². The van der Waals surface area contributed by atoms with Gasteiger partial charge in [-0.3, -0.25) is 19.1 Å². The minimum Gasteiger partial charge on any atom is -0.355 e. The van der Waals surface area contributed by atoms with Gasteiger partial charge in [0.05, 0.1) is 4.91 Å². The van der Waals surface area contributed by atoms with Crippen LogP contribution >= 0.6 is 24.0 Å². The van der Waals surface area contributed by atoms with Gasteiger partial charge in [0.1, 0.15) is 21.8 Å². The second-order valence-corrected chi connectivity index (χ2v) is 11.2. The average Bonchev–Trinajstić information content (AvgIpc) is 3.48. The molecule has 0 N–H and O–H groups in total. The molecular weight excluding hydrogens is 478 g/mol. The highest BCUT2D eigenvalue weighted by Gasteiger charge is 2.38. The average molecular weight is 514 g/mol. The van der Waals surface area contributed by atoms with Gasteiger partial charge in [0.2, 0.25) is 0 Å². The topological polar surface area (TPSA) is 72.6 Å². The molecule has 0 radical (unpaired) electrons. The van der Waals surface area contributed by atoms with Gasteiger partial charge in [-0.25, -0.2) is 0 Å². The van der Waals surface area contributed by atoms with E-state index in [0.29, 0.717) is 21.3 Å². The maximum absolute atomic E-state index is 13.5. The number of nitriles is 1. The minimum atomic E-state index is -0.234. The van der Waals surface area contributed by atoms with Gasteiger partial charge < -0.3 is 9.80 Å². The van der Waals surface area contributed by atoms with E-state index in [2.05, 4.69) is 29.7 Å². The van der Waals surface area contributed by atoms with E-state index >= 15 is 0 Å². The number of thioether (sulfide) groups is 1. The van der Waals surface area contributed by atoms with Gasteiger partial charge in [-0.05, 0) is 44.4 Å². The number of amides is 1. The molecule has 3 fully saturated rings. The van der Waals surface area contributed by atoms with Crippen molar-refractivity contribution in [1.29, 1.82) is 5.26 Å². The molecular formula is C26H35N5O2S2. The number of unbranched alkanes of at least 4 members (excludes halogenated alkanes) is 1. The summed E-state index contributed by atoms with van der Waals surface area (Å²) in [5.74, 6) is 0.791. The van der Waals surface area contributed by atoms with Crippen molar-refractivity contribution in [2.45, 2.75) is 71.9 Å². The van der Waals surface area contributed by atoms with Crippen molar-refractivity contribution in [3.63, 3.8) is 0 Å². The molecule has 35 heavy (non-hydrogen) atoms. The van der Waals surface area contributed by atoms with Crippen molar-refractivity contribution in [3.05, 3.63) is 31.9 Å². The monoisotopic (exact) mass is 513 g/mol. The van der Waals surface area contributed by atoms with Gasteiger partial charge in [-0.1, -0.05) is 57.1 Å². The van der Waals surface area contributed by atoms with E-state index in [9.17, 15) is 14.9 Å². The standard InChI is InChI=1S/C26H35N5O2S2/c1-4-6-11-30-23(29-14-12-28(5-2)13-15-29)20(18(3)21(17-27)24(30)32)16-22-25(33)31(26(34)35-22)19-9-7-8-10-19/h16,19H,4-15H2,1-3H3/b22-16+. The molecule has 0 spiro atoms. The van der Waals surface area contributed by atoms with Crippen molar-refractivity contribution in [2.24, 2.45) is 0 Å². The number of hydrogen-bond donors (Lipinski definition) is 0. The first-order valence-corrected chi connectivity index (χ1v) is 14.1. The zero-order valence-electron chi connectivity index (χ0n) is 21.0. The van der Waals surface area contributed by atoms with Crippen LogP contribution in [-0.2, 0) is 11.3 Å². The third-order valence-electron chi connectivity index (χ3n) is 7.49. The van der Waals surface area contributed by atoms with E-state index in [1.54, 1.807) is 9.47 Å². The maximum atomic E-state index is 13.5. The second kappa shape index (κ2) is 11.3. The van der Waals surface area contributed by atoms with E-state index in [1.807, 2.05) is 13.0 Å². The lowest BCUT2D eigenvalue weighted by Gasteiger charge is -2.37. The number of hydrogen-bond acceptors (Lipinski definition) is 7. The van der Waals surface area contributed by atoms with E-state index < -0.39 is 0 Å². The molecule has 188 valence electrons. The molecule has 1 amide bonds. The van der Waals surface area contributed by atoms with Crippen LogP contribution in [0.15, 0.2) is 9.70 Å². The first kappa shape index (κ1) is 25.9. The molecule has 2 aliphatic heterocycles. The quantitative estimate of drug-likeness (QED) is 0.401. The summed E-state index contributed by atoms with van der Waals surface area (Å²) < 4.78 is 2.39. The highest BCUT2D eigenvalue weighted by molar-refractivity contribution is 8.26. The molecule has 2 saturated heterocycles. The lowest BCUT2D eigenvalue weighted by molar-refractivity contribution is -0.123. The number of nitrogens with zero attached hydrogens (tertiary/aromatic N) is 5. The molecule has 0 atom stereocenters. The van der Waals surface area contributed by atoms with E-state index in [0.717, 1.165) is 82.6 Å². The fraction of sp³-hybridized carbons (Fsp3) is 0.615. The van der Waals surface area contributed by atoms with Crippen LogP contribution in [0.4, 0.5) is 5.82 Å². The van der Waals surface area contributed by atoms with Crippen LogP contribution in [-0.4, -0.2) is 63.4 Å². The molecule has 0 aromatic carbocycles. The number of rotatable bonds is 7. The maximum Gasteiger partial charge on any atom is 0.270 e. The smallest absolute Gasteiger partial charge is 0.270 e. The second-order valence-electron chi connectivity index (χ2n) is 9.57. The fourth-order valence-electron chi connectivity index (χ4n) is 5.37. The molecule has 0 unspecified atom stereocenters. The van der Waals surface area contributed by atoms with Crippen LogP contribution in [0.1, 0.15) is 69.1 Å². The van der Waals surface area contributed by atoms with Gasteiger partial charge >= 0.3 is 0 Å². The molecule has 1 saturated carbocycles. The van der Waals surface area contributed by atoms with Crippen molar-refractivity contribution in [2.75, 3.05) is 37.6 Å². The summed E-state index contributed by atoms with van der Waals surface area (Å²) in [7, 11) is 0. The summed E-state index contributed by atoms with van der Waals surface area (Å²) in [6.45, 7) is 11.1. The Labute approximate surface area is 217 Å². The highest BCUT2D eigenvalue weighted by Crippen LogP contribution is 2.39. The van der Waals surface area contributed by atoms with Gasteiger partial charge in [0.25, 0.3) is 11.5 Å². The Kier molecular flexibility index (Phi) is 8.35. The Morgan fingerprint density at radius 2 is 1.83 bits per heavy atom. The minimum absolute atomic E-state index is 0.0436. The Hall–Kier alpha value is -2.15. The van der Waals surface area contributed by atoms with Crippen molar-refractivity contribution in [1.82, 2.24) is 14.4 Å².